The van der Waals surface area contributed by atoms with E-state index in [2.05, 4.69) is 11.4 Å². The molecule has 0 spiro atoms. The van der Waals surface area contributed by atoms with Crippen molar-refractivity contribution < 1.29 is 14.3 Å². The fraction of sp³-hybridized carbons (Fsp3) is 0.579. The van der Waals surface area contributed by atoms with E-state index in [0.717, 1.165) is 37.8 Å². The number of piperidine rings is 1. The van der Waals surface area contributed by atoms with Gasteiger partial charge in [0.15, 0.2) is 6.10 Å². The number of nitrogens with zero attached hydrogens (tertiary/aromatic N) is 1. The zero-order valence-electron chi connectivity index (χ0n) is 14.6. The SMILES string of the molecule is NCCC(=O)NCC1CCCCN1C(=O)C1OCCc2ccccc21. The average Bonchev–Trinajstić information content (AvgIpc) is 2.66. The highest BCUT2D eigenvalue weighted by atomic mass is 16.5. The van der Waals surface area contributed by atoms with Crippen LogP contribution in [0, 0.1) is 0 Å². The minimum Gasteiger partial charge on any atom is -0.363 e. The summed E-state index contributed by atoms with van der Waals surface area (Å²) in [6, 6.07) is 8.04. The molecule has 2 heterocycles. The highest BCUT2D eigenvalue weighted by Gasteiger charge is 2.35. The average molecular weight is 345 g/mol. The van der Waals surface area contributed by atoms with Crippen LogP contribution in [0.3, 0.4) is 0 Å². The normalized spacial score (nSPS) is 23.0. The van der Waals surface area contributed by atoms with Crippen molar-refractivity contribution in [2.75, 3.05) is 26.2 Å². The summed E-state index contributed by atoms with van der Waals surface area (Å²) in [7, 11) is 0. The van der Waals surface area contributed by atoms with Crippen LogP contribution in [-0.4, -0.2) is 49.0 Å². The van der Waals surface area contributed by atoms with Crippen molar-refractivity contribution in [2.24, 2.45) is 5.73 Å². The smallest absolute Gasteiger partial charge is 0.256 e. The number of carbonyl (C=O) groups is 2. The first-order valence-corrected chi connectivity index (χ1v) is 9.17. The molecule has 3 N–H and O–H groups in total. The van der Waals surface area contributed by atoms with Crippen molar-refractivity contribution in [1.82, 2.24) is 10.2 Å². The molecule has 0 radical (unpaired) electrons. The van der Waals surface area contributed by atoms with E-state index in [1.807, 2.05) is 23.1 Å². The summed E-state index contributed by atoms with van der Waals surface area (Å²) in [6.45, 7) is 2.11. The van der Waals surface area contributed by atoms with E-state index >= 15 is 0 Å². The third-order valence-corrected chi connectivity index (χ3v) is 5.03. The lowest BCUT2D eigenvalue weighted by Gasteiger charge is -2.39. The third-order valence-electron chi connectivity index (χ3n) is 5.03. The molecule has 2 amide bonds. The Hall–Kier alpha value is -1.92. The van der Waals surface area contributed by atoms with E-state index in [4.69, 9.17) is 10.5 Å². The van der Waals surface area contributed by atoms with Gasteiger partial charge in [-0.05, 0) is 36.8 Å². The van der Waals surface area contributed by atoms with Crippen LogP contribution in [0.4, 0.5) is 0 Å². The van der Waals surface area contributed by atoms with Crippen molar-refractivity contribution in [3.8, 4) is 0 Å². The van der Waals surface area contributed by atoms with Gasteiger partial charge in [0.25, 0.3) is 5.91 Å². The van der Waals surface area contributed by atoms with E-state index in [9.17, 15) is 9.59 Å². The van der Waals surface area contributed by atoms with Crippen molar-refractivity contribution in [3.63, 3.8) is 0 Å². The maximum atomic E-state index is 13.2. The van der Waals surface area contributed by atoms with Crippen LogP contribution < -0.4 is 11.1 Å². The lowest BCUT2D eigenvalue weighted by molar-refractivity contribution is -0.149. The molecule has 2 atom stereocenters. The van der Waals surface area contributed by atoms with Crippen LogP contribution in [0.2, 0.25) is 0 Å². The third kappa shape index (κ3) is 4.19. The lowest BCUT2D eigenvalue weighted by Crippen LogP contribution is -2.51. The van der Waals surface area contributed by atoms with Crippen LogP contribution in [0.15, 0.2) is 24.3 Å². The number of carbonyl (C=O) groups excluding carboxylic acids is 2. The summed E-state index contributed by atoms with van der Waals surface area (Å²) in [5.74, 6) is -0.0374. The Morgan fingerprint density at radius 3 is 2.96 bits per heavy atom. The van der Waals surface area contributed by atoms with Gasteiger partial charge in [-0.25, -0.2) is 0 Å². The monoisotopic (exact) mass is 345 g/mol. The molecule has 2 unspecified atom stereocenters. The lowest BCUT2D eigenvalue weighted by atomic mass is 9.94. The molecule has 1 aromatic carbocycles. The fourth-order valence-electron chi connectivity index (χ4n) is 3.70. The zero-order valence-corrected chi connectivity index (χ0v) is 14.6. The summed E-state index contributed by atoms with van der Waals surface area (Å²) >= 11 is 0. The molecule has 0 saturated carbocycles. The molecule has 2 aliphatic heterocycles. The van der Waals surface area contributed by atoms with Gasteiger partial charge in [-0.2, -0.15) is 0 Å². The first-order chi connectivity index (χ1) is 12.2. The minimum absolute atomic E-state index is 0.0184. The Labute approximate surface area is 148 Å². The van der Waals surface area contributed by atoms with E-state index in [0.29, 0.717) is 26.1 Å². The molecule has 1 aromatic rings. The van der Waals surface area contributed by atoms with Gasteiger partial charge in [0.1, 0.15) is 0 Å². The molecule has 6 heteroatoms. The van der Waals surface area contributed by atoms with Gasteiger partial charge in [-0.15, -0.1) is 0 Å². The molecule has 136 valence electrons. The second-order valence-corrected chi connectivity index (χ2v) is 6.72. The Morgan fingerprint density at radius 1 is 1.28 bits per heavy atom. The van der Waals surface area contributed by atoms with Crippen LogP contribution in [0.25, 0.3) is 0 Å². The molecule has 1 fully saturated rings. The second kappa shape index (κ2) is 8.45. The maximum absolute atomic E-state index is 13.2. The van der Waals surface area contributed by atoms with Crippen molar-refractivity contribution in [3.05, 3.63) is 35.4 Å². The van der Waals surface area contributed by atoms with Crippen LogP contribution in [0.5, 0.6) is 0 Å². The molecular weight excluding hydrogens is 318 g/mol. The van der Waals surface area contributed by atoms with E-state index in [-0.39, 0.29) is 17.9 Å². The van der Waals surface area contributed by atoms with Crippen molar-refractivity contribution in [2.45, 2.75) is 44.2 Å². The van der Waals surface area contributed by atoms with Crippen LogP contribution >= 0.6 is 0 Å². The molecule has 1 saturated heterocycles. The quantitative estimate of drug-likeness (QED) is 0.838. The predicted octanol–water partition coefficient (Wildman–Crippen LogP) is 1.15. The molecule has 2 aliphatic rings. The van der Waals surface area contributed by atoms with E-state index in [1.54, 1.807) is 0 Å². The highest BCUT2D eigenvalue weighted by molar-refractivity contribution is 5.83. The van der Waals surface area contributed by atoms with Crippen LogP contribution in [-0.2, 0) is 20.7 Å². The molecule has 0 aromatic heterocycles. The number of hydrogen-bond donors (Lipinski definition) is 2. The number of amides is 2. The second-order valence-electron chi connectivity index (χ2n) is 6.72. The van der Waals surface area contributed by atoms with E-state index in [1.165, 1.54) is 5.56 Å². The topological polar surface area (TPSA) is 84.7 Å². The van der Waals surface area contributed by atoms with Gasteiger partial charge < -0.3 is 20.7 Å². The van der Waals surface area contributed by atoms with Gasteiger partial charge in [0.05, 0.1) is 6.61 Å². The number of nitrogens with two attached hydrogens (primary N) is 1. The fourth-order valence-corrected chi connectivity index (χ4v) is 3.70. The highest BCUT2D eigenvalue weighted by Crippen LogP contribution is 2.30. The number of likely N-dealkylation sites (tertiary alicyclic amines) is 1. The number of fused-ring (bicyclic) bond motifs is 1. The molecule has 6 nitrogen and oxygen atoms in total. The Kier molecular flexibility index (Phi) is 6.04. The number of hydrogen-bond acceptors (Lipinski definition) is 4. The molecule has 0 aliphatic carbocycles. The van der Waals surface area contributed by atoms with E-state index < -0.39 is 6.10 Å². The van der Waals surface area contributed by atoms with Gasteiger partial charge in [0, 0.05) is 32.1 Å². The number of rotatable bonds is 5. The molecule has 0 bridgehead atoms. The summed E-state index contributed by atoms with van der Waals surface area (Å²) in [5.41, 5.74) is 7.59. The first kappa shape index (κ1) is 17.9. The summed E-state index contributed by atoms with van der Waals surface area (Å²) in [4.78, 5) is 26.8. The Morgan fingerprint density at radius 2 is 2.12 bits per heavy atom. The standard InChI is InChI=1S/C19H27N3O3/c20-10-8-17(23)21-13-15-6-3-4-11-22(15)19(24)18-16-7-2-1-5-14(16)9-12-25-18/h1-2,5,7,15,18H,3-4,6,8-13,20H2,(H,21,23). The Bertz CT molecular complexity index is 620. The predicted molar refractivity (Wildman–Crippen MR) is 94.9 cm³/mol. The van der Waals surface area contributed by atoms with Crippen molar-refractivity contribution >= 4 is 11.8 Å². The molecule has 25 heavy (non-hydrogen) atoms. The summed E-state index contributed by atoms with van der Waals surface area (Å²) < 4.78 is 5.84. The largest absolute Gasteiger partial charge is 0.363 e. The number of benzene rings is 1. The minimum atomic E-state index is -0.523. The van der Waals surface area contributed by atoms with Crippen molar-refractivity contribution in [1.29, 1.82) is 0 Å². The Balaban J connectivity index is 1.70. The van der Waals surface area contributed by atoms with Crippen LogP contribution in [0.1, 0.15) is 42.9 Å². The van der Waals surface area contributed by atoms with Gasteiger partial charge in [0.2, 0.25) is 5.91 Å². The molecular formula is C19H27N3O3. The maximum Gasteiger partial charge on any atom is 0.256 e. The number of nitrogens with one attached hydrogen (secondary N) is 1. The van der Waals surface area contributed by atoms with Gasteiger partial charge in [-0.1, -0.05) is 24.3 Å². The van der Waals surface area contributed by atoms with Gasteiger partial charge >= 0.3 is 0 Å². The number of ether oxygens (including phenoxy) is 1. The summed E-state index contributed by atoms with van der Waals surface area (Å²) in [6.07, 6.45) is 3.61. The van der Waals surface area contributed by atoms with Gasteiger partial charge in [-0.3, -0.25) is 9.59 Å². The zero-order chi connectivity index (χ0) is 17.6. The molecule has 3 rings (SSSR count). The summed E-state index contributed by atoms with van der Waals surface area (Å²) in [5, 5.41) is 2.91. The first-order valence-electron chi connectivity index (χ1n) is 9.17.